The fourth-order valence-corrected chi connectivity index (χ4v) is 2.84. The number of pyridine rings is 1. The third-order valence-corrected chi connectivity index (χ3v) is 4.37. The molecule has 0 fully saturated rings. The first-order chi connectivity index (χ1) is 11.5. The zero-order valence-electron chi connectivity index (χ0n) is 12.3. The molecule has 0 unspecified atom stereocenters. The molecular formula is C18H12BrClN2O2. The molecule has 3 N–H and O–H groups in total. The van der Waals surface area contributed by atoms with Gasteiger partial charge in [0.25, 0.3) is 11.5 Å². The molecule has 0 spiro atoms. The van der Waals surface area contributed by atoms with Gasteiger partial charge in [-0.05, 0) is 41.5 Å². The number of carbonyl (C=O) groups is 1. The monoisotopic (exact) mass is 402 g/mol. The number of halogens is 2. The first-order valence-corrected chi connectivity index (χ1v) is 8.22. The van der Waals surface area contributed by atoms with Crippen molar-refractivity contribution >= 4 is 33.4 Å². The van der Waals surface area contributed by atoms with E-state index in [0.717, 1.165) is 10.0 Å². The molecule has 3 rings (SSSR count). The fraction of sp³-hybridized carbons (Fsp3) is 0. The van der Waals surface area contributed by atoms with Gasteiger partial charge in [0.05, 0.1) is 0 Å². The number of nitrogens with two attached hydrogens (primary N) is 1. The molecule has 24 heavy (non-hydrogen) atoms. The quantitative estimate of drug-likeness (QED) is 0.687. The molecular weight excluding hydrogens is 392 g/mol. The van der Waals surface area contributed by atoms with E-state index in [2.05, 4.69) is 20.9 Å². The van der Waals surface area contributed by atoms with Crippen molar-refractivity contribution in [3.63, 3.8) is 0 Å². The van der Waals surface area contributed by atoms with Gasteiger partial charge in [-0.1, -0.05) is 51.8 Å². The number of aromatic nitrogens is 1. The molecule has 0 saturated heterocycles. The fourth-order valence-electron chi connectivity index (χ4n) is 2.45. The zero-order chi connectivity index (χ0) is 17.3. The van der Waals surface area contributed by atoms with Gasteiger partial charge in [0, 0.05) is 20.8 Å². The van der Waals surface area contributed by atoms with Gasteiger partial charge in [0.2, 0.25) is 0 Å². The average Bonchev–Trinajstić information content (AvgIpc) is 2.55. The number of hydrogen-bond acceptors (Lipinski definition) is 2. The van der Waals surface area contributed by atoms with E-state index in [0.29, 0.717) is 21.8 Å². The Balaban J connectivity index is 2.25. The molecule has 0 aliphatic rings. The lowest BCUT2D eigenvalue weighted by atomic mass is 9.98. The molecule has 1 aromatic heterocycles. The molecule has 1 amide bonds. The minimum atomic E-state index is -0.774. The first-order valence-electron chi connectivity index (χ1n) is 7.04. The van der Waals surface area contributed by atoms with Crippen LogP contribution in [0.25, 0.3) is 22.4 Å². The van der Waals surface area contributed by atoms with Gasteiger partial charge in [0.15, 0.2) is 0 Å². The van der Waals surface area contributed by atoms with Gasteiger partial charge in [-0.15, -0.1) is 0 Å². The highest BCUT2D eigenvalue weighted by Crippen LogP contribution is 2.28. The van der Waals surface area contributed by atoms with Crippen LogP contribution >= 0.6 is 27.5 Å². The highest BCUT2D eigenvalue weighted by atomic mass is 79.9. The van der Waals surface area contributed by atoms with Crippen LogP contribution in [0.15, 0.2) is 63.9 Å². The van der Waals surface area contributed by atoms with Gasteiger partial charge in [-0.3, -0.25) is 9.59 Å². The molecule has 6 heteroatoms. The van der Waals surface area contributed by atoms with Gasteiger partial charge in [-0.2, -0.15) is 0 Å². The minimum Gasteiger partial charge on any atom is -0.365 e. The van der Waals surface area contributed by atoms with Crippen LogP contribution in [0, 0.1) is 0 Å². The largest absolute Gasteiger partial charge is 0.365 e. The topological polar surface area (TPSA) is 76.0 Å². The lowest BCUT2D eigenvalue weighted by molar-refractivity contribution is 0.0999. The number of carbonyl (C=O) groups excluding carboxylic acids is 1. The van der Waals surface area contributed by atoms with Crippen molar-refractivity contribution < 1.29 is 4.79 Å². The molecule has 0 aliphatic carbocycles. The standard InChI is InChI=1S/C18H12BrClN2O2/c19-12-5-1-11(2-6-12)15-9-14(10-3-7-13(20)8-4-10)16(17(21)23)18(24)22-15/h1-9H,(H2,21,23)(H,22,24). The number of benzene rings is 2. The molecule has 1 heterocycles. The van der Waals surface area contributed by atoms with Gasteiger partial charge < -0.3 is 10.7 Å². The maximum absolute atomic E-state index is 12.4. The number of hydrogen-bond donors (Lipinski definition) is 2. The minimum absolute atomic E-state index is 0.0711. The molecule has 0 radical (unpaired) electrons. The lowest BCUT2D eigenvalue weighted by Crippen LogP contribution is -2.25. The lowest BCUT2D eigenvalue weighted by Gasteiger charge is -2.10. The second-order valence-corrected chi connectivity index (χ2v) is 6.53. The molecule has 0 atom stereocenters. The van der Waals surface area contributed by atoms with Crippen molar-refractivity contribution in [3.8, 4) is 22.4 Å². The first kappa shape index (κ1) is 16.5. The van der Waals surface area contributed by atoms with E-state index in [9.17, 15) is 9.59 Å². The number of H-pyrrole nitrogens is 1. The van der Waals surface area contributed by atoms with Crippen molar-refractivity contribution in [3.05, 3.63) is 80.0 Å². The average molecular weight is 404 g/mol. The maximum atomic E-state index is 12.4. The Morgan fingerprint density at radius 1 is 1.00 bits per heavy atom. The summed E-state index contributed by atoms with van der Waals surface area (Å²) in [5.41, 5.74) is 7.39. The van der Waals surface area contributed by atoms with Crippen LogP contribution in [0.4, 0.5) is 0 Å². The predicted octanol–water partition coefficient (Wildman–Crippen LogP) is 4.22. The molecule has 120 valence electrons. The summed E-state index contributed by atoms with van der Waals surface area (Å²) in [5.74, 6) is -0.774. The molecule has 0 saturated carbocycles. The molecule has 0 bridgehead atoms. The third kappa shape index (κ3) is 3.27. The van der Waals surface area contributed by atoms with E-state index in [1.54, 1.807) is 30.3 Å². The number of primary amides is 1. The summed E-state index contributed by atoms with van der Waals surface area (Å²) in [5, 5.41) is 0.567. The smallest absolute Gasteiger partial charge is 0.261 e. The highest BCUT2D eigenvalue weighted by molar-refractivity contribution is 9.10. The van der Waals surface area contributed by atoms with Crippen molar-refractivity contribution in [1.82, 2.24) is 4.98 Å². The number of nitrogens with one attached hydrogen (secondary N) is 1. The summed E-state index contributed by atoms with van der Waals surface area (Å²) in [6, 6.07) is 16.1. The van der Waals surface area contributed by atoms with Gasteiger partial charge >= 0.3 is 0 Å². The summed E-state index contributed by atoms with van der Waals surface area (Å²) in [7, 11) is 0. The van der Waals surface area contributed by atoms with E-state index < -0.39 is 11.5 Å². The number of aromatic amines is 1. The van der Waals surface area contributed by atoms with Crippen LogP contribution in [0.2, 0.25) is 5.02 Å². The van der Waals surface area contributed by atoms with E-state index in [4.69, 9.17) is 17.3 Å². The van der Waals surface area contributed by atoms with Crippen LogP contribution in [-0.2, 0) is 0 Å². The number of rotatable bonds is 3. The molecule has 4 nitrogen and oxygen atoms in total. The van der Waals surface area contributed by atoms with Crippen molar-refractivity contribution in [2.75, 3.05) is 0 Å². The van der Waals surface area contributed by atoms with Crippen LogP contribution in [0.3, 0.4) is 0 Å². The van der Waals surface area contributed by atoms with Crippen molar-refractivity contribution in [1.29, 1.82) is 0 Å². The summed E-state index contributed by atoms with van der Waals surface area (Å²) in [6.45, 7) is 0. The molecule has 3 aromatic rings. The zero-order valence-corrected chi connectivity index (χ0v) is 14.7. The van der Waals surface area contributed by atoms with Crippen LogP contribution < -0.4 is 11.3 Å². The van der Waals surface area contributed by atoms with Gasteiger partial charge in [-0.25, -0.2) is 0 Å². The van der Waals surface area contributed by atoms with Crippen LogP contribution in [-0.4, -0.2) is 10.9 Å². The third-order valence-electron chi connectivity index (χ3n) is 3.59. The van der Waals surface area contributed by atoms with E-state index in [-0.39, 0.29) is 5.56 Å². The highest BCUT2D eigenvalue weighted by Gasteiger charge is 2.17. The van der Waals surface area contributed by atoms with Crippen molar-refractivity contribution in [2.45, 2.75) is 0 Å². The van der Waals surface area contributed by atoms with Gasteiger partial charge in [0.1, 0.15) is 5.56 Å². The molecule has 0 aliphatic heterocycles. The van der Waals surface area contributed by atoms with Crippen LogP contribution in [0.5, 0.6) is 0 Å². The summed E-state index contributed by atoms with van der Waals surface area (Å²) < 4.78 is 0.931. The summed E-state index contributed by atoms with van der Waals surface area (Å²) in [4.78, 5) is 26.9. The van der Waals surface area contributed by atoms with E-state index in [1.807, 2.05) is 24.3 Å². The number of amides is 1. The Morgan fingerprint density at radius 2 is 1.58 bits per heavy atom. The van der Waals surface area contributed by atoms with E-state index in [1.165, 1.54) is 0 Å². The summed E-state index contributed by atoms with van der Waals surface area (Å²) in [6.07, 6.45) is 0. The Kier molecular flexibility index (Phi) is 4.55. The van der Waals surface area contributed by atoms with E-state index >= 15 is 0 Å². The Morgan fingerprint density at radius 3 is 2.17 bits per heavy atom. The Labute approximate surface area is 151 Å². The Bertz CT molecular complexity index is 964. The second kappa shape index (κ2) is 6.63. The predicted molar refractivity (Wildman–Crippen MR) is 99.2 cm³/mol. The Hall–Kier alpha value is -2.37. The maximum Gasteiger partial charge on any atom is 0.261 e. The SMILES string of the molecule is NC(=O)c1c(-c2ccc(Cl)cc2)cc(-c2ccc(Br)cc2)[nH]c1=O. The normalized spacial score (nSPS) is 10.6. The summed E-state index contributed by atoms with van der Waals surface area (Å²) >= 11 is 9.29. The molecule has 2 aromatic carbocycles. The van der Waals surface area contributed by atoms with Crippen molar-refractivity contribution in [2.24, 2.45) is 5.73 Å². The second-order valence-electron chi connectivity index (χ2n) is 5.18. The van der Waals surface area contributed by atoms with Crippen LogP contribution in [0.1, 0.15) is 10.4 Å².